The maximum absolute atomic E-state index is 11.4. The van der Waals surface area contributed by atoms with Gasteiger partial charge in [-0.1, -0.05) is 20.8 Å². The van der Waals surface area contributed by atoms with Gasteiger partial charge in [0.05, 0.1) is 12.0 Å². The van der Waals surface area contributed by atoms with Gasteiger partial charge in [-0.3, -0.25) is 4.79 Å². The number of ether oxygens (including phenoxy) is 1. The van der Waals surface area contributed by atoms with Crippen molar-refractivity contribution in [2.75, 3.05) is 18.5 Å². The van der Waals surface area contributed by atoms with E-state index in [2.05, 4.69) is 15.3 Å². The van der Waals surface area contributed by atoms with Crippen molar-refractivity contribution >= 4 is 11.8 Å². The number of aliphatic carboxylic acids is 1. The minimum Gasteiger partial charge on any atom is -0.481 e. The van der Waals surface area contributed by atoms with Gasteiger partial charge in [0.2, 0.25) is 5.88 Å². The SMILES string of the molecule is CCCOc1cc(NCC(CC)(CC)C(=O)O)ncn1. The number of anilines is 1. The third kappa shape index (κ3) is 4.08. The molecule has 0 fully saturated rings. The molecule has 6 nitrogen and oxygen atoms in total. The molecule has 0 aliphatic rings. The summed E-state index contributed by atoms with van der Waals surface area (Å²) < 4.78 is 5.42. The molecule has 112 valence electrons. The number of carboxylic acids is 1. The Balaban J connectivity index is 2.70. The second-order valence-corrected chi connectivity index (χ2v) is 4.74. The van der Waals surface area contributed by atoms with Crippen molar-refractivity contribution in [3.63, 3.8) is 0 Å². The number of carbonyl (C=O) groups is 1. The van der Waals surface area contributed by atoms with Gasteiger partial charge in [0.15, 0.2) is 0 Å². The van der Waals surface area contributed by atoms with Crippen LogP contribution in [0.1, 0.15) is 40.0 Å². The van der Waals surface area contributed by atoms with Crippen LogP contribution in [-0.4, -0.2) is 34.2 Å². The van der Waals surface area contributed by atoms with E-state index >= 15 is 0 Å². The molecule has 0 spiro atoms. The van der Waals surface area contributed by atoms with Gasteiger partial charge in [0.1, 0.15) is 12.1 Å². The molecular formula is C14H23N3O3. The van der Waals surface area contributed by atoms with Gasteiger partial charge in [-0.2, -0.15) is 0 Å². The van der Waals surface area contributed by atoms with Gasteiger partial charge in [-0.05, 0) is 19.3 Å². The Morgan fingerprint density at radius 3 is 2.60 bits per heavy atom. The van der Waals surface area contributed by atoms with Crippen molar-refractivity contribution in [3.05, 3.63) is 12.4 Å². The fourth-order valence-corrected chi connectivity index (χ4v) is 1.86. The first kappa shape index (κ1) is 16.2. The van der Waals surface area contributed by atoms with Crippen LogP contribution in [0.4, 0.5) is 5.82 Å². The number of rotatable bonds is 9. The number of hydrogen-bond donors (Lipinski definition) is 2. The van der Waals surface area contributed by atoms with Gasteiger partial charge in [0, 0.05) is 12.6 Å². The third-order valence-electron chi connectivity index (χ3n) is 3.51. The standard InChI is InChI=1S/C14H23N3O3/c1-4-7-20-12-8-11(16-10-17-12)15-9-14(5-2,6-3)13(18)19/h8,10H,4-7,9H2,1-3H3,(H,18,19)(H,15,16,17). The van der Waals surface area contributed by atoms with Crippen molar-refractivity contribution in [2.45, 2.75) is 40.0 Å². The predicted molar refractivity (Wildman–Crippen MR) is 77.0 cm³/mol. The molecule has 0 radical (unpaired) electrons. The molecule has 20 heavy (non-hydrogen) atoms. The highest BCUT2D eigenvalue weighted by molar-refractivity contribution is 5.75. The molecular weight excluding hydrogens is 258 g/mol. The normalized spacial score (nSPS) is 11.2. The number of nitrogens with zero attached hydrogens (tertiary/aromatic N) is 2. The van der Waals surface area contributed by atoms with Crippen LogP contribution in [-0.2, 0) is 4.79 Å². The van der Waals surface area contributed by atoms with E-state index < -0.39 is 11.4 Å². The van der Waals surface area contributed by atoms with Gasteiger partial charge in [-0.25, -0.2) is 9.97 Å². The molecule has 6 heteroatoms. The molecule has 1 aromatic rings. The van der Waals surface area contributed by atoms with Crippen LogP contribution in [0.25, 0.3) is 0 Å². The summed E-state index contributed by atoms with van der Waals surface area (Å²) in [5.41, 5.74) is -0.768. The largest absolute Gasteiger partial charge is 0.481 e. The highest BCUT2D eigenvalue weighted by Gasteiger charge is 2.34. The Hall–Kier alpha value is -1.85. The van der Waals surface area contributed by atoms with E-state index in [1.165, 1.54) is 6.33 Å². The maximum Gasteiger partial charge on any atom is 0.311 e. The fourth-order valence-electron chi connectivity index (χ4n) is 1.86. The summed E-state index contributed by atoms with van der Waals surface area (Å²) in [5.74, 6) is 0.295. The van der Waals surface area contributed by atoms with Crippen molar-refractivity contribution in [1.29, 1.82) is 0 Å². The van der Waals surface area contributed by atoms with E-state index in [-0.39, 0.29) is 0 Å². The van der Waals surface area contributed by atoms with E-state index in [1.54, 1.807) is 6.07 Å². The summed E-state index contributed by atoms with van der Waals surface area (Å²) in [6, 6.07) is 1.69. The lowest BCUT2D eigenvalue weighted by Crippen LogP contribution is -2.37. The van der Waals surface area contributed by atoms with Crippen LogP contribution in [0.5, 0.6) is 5.88 Å². The molecule has 1 rings (SSSR count). The fraction of sp³-hybridized carbons (Fsp3) is 0.643. The van der Waals surface area contributed by atoms with Crippen LogP contribution in [0.15, 0.2) is 12.4 Å². The monoisotopic (exact) mass is 281 g/mol. The minimum absolute atomic E-state index is 0.333. The first-order chi connectivity index (χ1) is 9.57. The molecule has 0 bridgehead atoms. The molecule has 1 aromatic heterocycles. The third-order valence-corrected chi connectivity index (χ3v) is 3.51. The zero-order chi connectivity index (χ0) is 15.0. The molecule has 0 unspecified atom stereocenters. The van der Waals surface area contributed by atoms with E-state index in [9.17, 15) is 9.90 Å². The van der Waals surface area contributed by atoms with Crippen molar-refractivity contribution in [2.24, 2.45) is 5.41 Å². The van der Waals surface area contributed by atoms with Crippen molar-refractivity contribution in [1.82, 2.24) is 9.97 Å². The van der Waals surface area contributed by atoms with E-state index in [0.29, 0.717) is 37.7 Å². The molecule has 0 aromatic carbocycles. The van der Waals surface area contributed by atoms with Gasteiger partial charge >= 0.3 is 5.97 Å². The summed E-state index contributed by atoms with van der Waals surface area (Å²) >= 11 is 0. The Morgan fingerprint density at radius 2 is 2.05 bits per heavy atom. The van der Waals surface area contributed by atoms with E-state index in [4.69, 9.17) is 4.74 Å². The second-order valence-electron chi connectivity index (χ2n) is 4.74. The molecule has 2 N–H and O–H groups in total. The number of aromatic nitrogens is 2. The van der Waals surface area contributed by atoms with Gasteiger partial charge < -0.3 is 15.2 Å². The van der Waals surface area contributed by atoms with Crippen LogP contribution in [0.2, 0.25) is 0 Å². The number of carboxylic acid groups (broad SMARTS) is 1. The highest BCUT2D eigenvalue weighted by Crippen LogP contribution is 2.27. The molecule has 0 saturated heterocycles. The highest BCUT2D eigenvalue weighted by atomic mass is 16.5. The zero-order valence-corrected chi connectivity index (χ0v) is 12.3. The van der Waals surface area contributed by atoms with Crippen molar-refractivity contribution in [3.8, 4) is 5.88 Å². The lowest BCUT2D eigenvalue weighted by atomic mass is 9.82. The maximum atomic E-state index is 11.4. The second kappa shape index (κ2) is 7.67. The van der Waals surface area contributed by atoms with Crippen LogP contribution in [0, 0.1) is 5.41 Å². The summed E-state index contributed by atoms with van der Waals surface area (Å²) in [6.07, 6.45) is 3.44. The summed E-state index contributed by atoms with van der Waals surface area (Å²) in [4.78, 5) is 19.5. The summed E-state index contributed by atoms with van der Waals surface area (Å²) in [7, 11) is 0. The summed E-state index contributed by atoms with van der Waals surface area (Å²) in [6.45, 7) is 6.72. The van der Waals surface area contributed by atoms with Crippen molar-refractivity contribution < 1.29 is 14.6 Å². The predicted octanol–water partition coefficient (Wildman–Crippen LogP) is 2.57. The smallest absolute Gasteiger partial charge is 0.311 e. The first-order valence-electron chi connectivity index (χ1n) is 7.00. The average molecular weight is 281 g/mol. The Labute approximate surface area is 119 Å². The molecule has 0 aliphatic carbocycles. The minimum atomic E-state index is -0.786. The first-order valence-corrected chi connectivity index (χ1v) is 7.00. The molecule has 0 atom stereocenters. The topological polar surface area (TPSA) is 84.3 Å². The number of hydrogen-bond acceptors (Lipinski definition) is 5. The lowest BCUT2D eigenvalue weighted by Gasteiger charge is -2.27. The Morgan fingerprint density at radius 1 is 1.35 bits per heavy atom. The van der Waals surface area contributed by atoms with Crippen LogP contribution in [0.3, 0.4) is 0 Å². The lowest BCUT2D eigenvalue weighted by molar-refractivity contribution is -0.148. The quantitative estimate of drug-likeness (QED) is 0.723. The van der Waals surface area contributed by atoms with Gasteiger partial charge in [0.25, 0.3) is 0 Å². The summed E-state index contributed by atoms with van der Waals surface area (Å²) in [5, 5.41) is 12.4. The molecule has 0 saturated carbocycles. The van der Waals surface area contributed by atoms with E-state index in [1.807, 2.05) is 20.8 Å². The molecule has 0 aliphatic heterocycles. The Kier molecular flexibility index (Phi) is 6.21. The van der Waals surface area contributed by atoms with Crippen LogP contribution >= 0.6 is 0 Å². The Bertz CT molecular complexity index is 433. The zero-order valence-electron chi connectivity index (χ0n) is 12.3. The average Bonchev–Trinajstić information content (AvgIpc) is 2.47. The molecule has 0 amide bonds. The molecule has 1 heterocycles. The van der Waals surface area contributed by atoms with Crippen LogP contribution < -0.4 is 10.1 Å². The van der Waals surface area contributed by atoms with Gasteiger partial charge in [-0.15, -0.1) is 0 Å². The number of nitrogens with one attached hydrogen (secondary N) is 1. The van der Waals surface area contributed by atoms with E-state index in [0.717, 1.165) is 6.42 Å².